The van der Waals surface area contributed by atoms with Gasteiger partial charge in [-0.1, -0.05) is 32.4 Å². The lowest BCUT2D eigenvalue weighted by molar-refractivity contribution is -0.0366. The molecule has 0 aliphatic carbocycles. The number of hydrogen-bond donors (Lipinski definition) is 0. The predicted octanol–water partition coefficient (Wildman–Crippen LogP) is 3.67. The molecule has 1 aliphatic heterocycles. The van der Waals surface area contributed by atoms with Crippen molar-refractivity contribution in [3.05, 3.63) is 22.8 Å². The van der Waals surface area contributed by atoms with E-state index >= 15 is 0 Å². The van der Waals surface area contributed by atoms with E-state index in [0.717, 1.165) is 47.8 Å². The van der Waals surface area contributed by atoms with Gasteiger partial charge in [0.05, 0.1) is 11.7 Å². The number of fused-ring (bicyclic) bond motifs is 1. The number of halogens is 1. The van der Waals surface area contributed by atoms with E-state index in [1.54, 1.807) is 14.2 Å². The smallest absolute Gasteiger partial charge is 0.410 e. The summed E-state index contributed by atoms with van der Waals surface area (Å²) in [4.78, 5) is 0. The predicted molar refractivity (Wildman–Crippen MR) is 102 cm³/mol. The van der Waals surface area contributed by atoms with Crippen LogP contribution in [-0.4, -0.2) is 37.7 Å². The van der Waals surface area contributed by atoms with Crippen molar-refractivity contribution in [1.82, 2.24) is 9.78 Å². The summed E-state index contributed by atoms with van der Waals surface area (Å²) in [6.45, 7) is 7.19. The molecular formula is C18H26BClN2O3. The first-order valence-corrected chi connectivity index (χ1v) is 9.13. The zero-order valence-electron chi connectivity index (χ0n) is 15.6. The van der Waals surface area contributed by atoms with E-state index in [4.69, 9.17) is 25.6 Å². The average Bonchev–Trinajstić information content (AvgIpc) is 2.98. The molecule has 1 aromatic heterocycles. The molecule has 0 radical (unpaired) electrons. The highest BCUT2D eigenvalue weighted by Gasteiger charge is 2.33. The standard InChI is InChI=1S/C18H26BClN2O3/c1-18(2,3)16-13(20)10-14-12(17(16)19(23-4)24-5)11-21-22(14)15-8-6-7-9-25-15/h10-11,15H,6-9H2,1-5H3. The van der Waals surface area contributed by atoms with Crippen LogP contribution in [0.25, 0.3) is 10.9 Å². The molecule has 1 atom stereocenters. The number of ether oxygens (including phenoxy) is 1. The maximum Gasteiger partial charge on any atom is 0.494 e. The van der Waals surface area contributed by atoms with Crippen LogP contribution in [0.5, 0.6) is 0 Å². The average molecular weight is 365 g/mol. The van der Waals surface area contributed by atoms with Gasteiger partial charge in [0.25, 0.3) is 0 Å². The van der Waals surface area contributed by atoms with Gasteiger partial charge in [0.1, 0.15) is 0 Å². The summed E-state index contributed by atoms with van der Waals surface area (Å²) >= 11 is 6.73. The van der Waals surface area contributed by atoms with Crippen LogP contribution in [0.15, 0.2) is 12.3 Å². The minimum atomic E-state index is -0.500. The molecule has 5 nitrogen and oxygen atoms in total. The normalized spacial score (nSPS) is 18.7. The first kappa shape index (κ1) is 18.7. The molecule has 1 unspecified atom stereocenters. The second kappa shape index (κ2) is 7.27. The number of aromatic nitrogens is 2. The van der Waals surface area contributed by atoms with Crippen molar-refractivity contribution in [2.75, 3.05) is 20.8 Å². The first-order valence-electron chi connectivity index (χ1n) is 8.75. The molecule has 1 aromatic carbocycles. The second-order valence-electron chi connectivity index (χ2n) is 7.54. The summed E-state index contributed by atoms with van der Waals surface area (Å²) in [6.07, 6.45) is 5.04. The van der Waals surface area contributed by atoms with Gasteiger partial charge >= 0.3 is 7.12 Å². The third-order valence-electron chi connectivity index (χ3n) is 4.74. The van der Waals surface area contributed by atoms with E-state index < -0.39 is 7.12 Å². The fraction of sp³-hybridized carbons (Fsp3) is 0.611. The molecule has 0 amide bonds. The van der Waals surface area contributed by atoms with Crippen molar-refractivity contribution in [2.24, 2.45) is 0 Å². The van der Waals surface area contributed by atoms with Crippen LogP contribution in [0.3, 0.4) is 0 Å². The van der Waals surface area contributed by atoms with Gasteiger partial charge in [0.15, 0.2) is 6.23 Å². The molecule has 0 bridgehead atoms. The summed E-state index contributed by atoms with van der Waals surface area (Å²) in [6, 6.07) is 1.99. The highest BCUT2D eigenvalue weighted by atomic mass is 35.5. The van der Waals surface area contributed by atoms with Gasteiger partial charge in [0, 0.05) is 31.2 Å². The Morgan fingerprint density at radius 1 is 1.28 bits per heavy atom. The Hall–Kier alpha value is -1.08. The van der Waals surface area contributed by atoms with E-state index in [9.17, 15) is 0 Å². The molecule has 1 saturated heterocycles. The number of hydrogen-bond acceptors (Lipinski definition) is 4. The maximum atomic E-state index is 6.73. The Morgan fingerprint density at radius 3 is 2.56 bits per heavy atom. The second-order valence-corrected chi connectivity index (χ2v) is 7.95. The van der Waals surface area contributed by atoms with Gasteiger partial charge in [0.2, 0.25) is 0 Å². The van der Waals surface area contributed by atoms with Gasteiger partial charge in [-0.3, -0.25) is 0 Å². The summed E-state index contributed by atoms with van der Waals surface area (Å²) in [5.74, 6) is 0. The molecule has 1 fully saturated rings. The Kier molecular flexibility index (Phi) is 5.44. The minimum absolute atomic E-state index is 0.0424. The monoisotopic (exact) mass is 364 g/mol. The zero-order valence-corrected chi connectivity index (χ0v) is 16.4. The van der Waals surface area contributed by atoms with Gasteiger partial charge in [-0.15, -0.1) is 0 Å². The third kappa shape index (κ3) is 3.45. The van der Waals surface area contributed by atoms with Crippen LogP contribution >= 0.6 is 11.6 Å². The summed E-state index contributed by atoms with van der Waals surface area (Å²) < 4.78 is 19.0. The molecule has 3 rings (SSSR count). The van der Waals surface area contributed by atoms with E-state index in [0.29, 0.717) is 5.02 Å². The highest BCUT2D eigenvalue weighted by Crippen LogP contribution is 2.34. The molecule has 7 heteroatoms. The molecule has 0 saturated carbocycles. The van der Waals surface area contributed by atoms with Gasteiger partial charge < -0.3 is 14.0 Å². The summed E-state index contributed by atoms with van der Waals surface area (Å²) in [5.41, 5.74) is 2.78. The van der Waals surface area contributed by atoms with Crippen LogP contribution < -0.4 is 5.46 Å². The lowest BCUT2D eigenvalue weighted by atomic mass is 9.68. The molecule has 0 N–H and O–H groups in total. The fourth-order valence-corrected chi connectivity index (χ4v) is 4.15. The van der Waals surface area contributed by atoms with Gasteiger partial charge in [-0.2, -0.15) is 5.10 Å². The van der Waals surface area contributed by atoms with Crippen LogP contribution in [-0.2, 0) is 19.5 Å². The quantitative estimate of drug-likeness (QED) is 0.777. The zero-order chi connectivity index (χ0) is 18.2. The van der Waals surface area contributed by atoms with Crippen molar-refractivity contribution < 1.29 is 14.0 Å². The fourth-order valence-electron chi connectivity index (χ4n) is 3.66. The molecule has 1 aliphatic rings. The number of rotatable bonds is 4. The summed E-state index contributed by atoms with van der Waals surface area (Å²) in [7, 11) is 2.78. The van der Waals surface area contributed by atoms with E-state index in [-0.39, 0.29) is 11.6 Å². The summed E-state index contributed by atoms with van der Waals surface area (Å²) in [5, 5.41) is 6.31. The van der Waals surface area contributed by atoms with Crippen molar-refractivity contribution >= 4 is 35.1 Å². The third-order valence-corrected chi connectivity index (χ3v) is 5.04. The van der Waals surface area contributed by atoms with Crippen molar-refractivity contribution in [1.29, 1.82) is 0 Å². The molecule has 2 aromatic rings. The number of nitrogens with zero attached hydrogens (tertiary/aromatic N) is 2. The molecule has 25 heavy (non-hydrogen) atoms. The van der Waals surface area contributed by atoms with E-state index in [1.807, 2.05) is 16.9 Å². The van der Waals surface area contributed by atoms with Crippen LogP contribution in [0.2, 0.25) is 5.02 Å². The van der Waals surface area contributed by atoms with Crippen LogP contribution in [0.4, 0.5) is 0 Å². The molecule has 2 heterocycles. The minimum Gasteiger partial charge on any atom is -0.410 e. The molecular weight excluding hydrogens is 338 g/mol. The number of benzene rings is 1. The Labute approximate surface area is 154 Å². The van der Waals surface area contributed by atoms with Crippen LogP contribution in [0, 0.1) is 0 Å². The Bertz CT molecular complexity index is 747. The topological polar surface area (TPSA) is 45.5 Å². The van der Waals surface area contributed by atoms with E-state index in [1.165, 1.54) is 0 Å². The van der Waals surface area contributed by atoms with Crippen LogP contribution in [0.1, 0.15) is 51.8 Å². The maximum absolute atomic E-state index is 6.73. The lowest BCUT2D eigenvalue weighted by Crippen LogP contribution is -2.41. The molecule has 0 spiro atoms. The Balaban J connectivity index is 2.25. The highest BCUT2D eigenvalue weighted by molar-refractivity contribution is 6.65. The SMILES string of the molecule is COB(OC)c1c(C(C)(C)C)c(Cl)cc2c1cnn2C1CCCCO1. The van der Waals surface area contributed by atoms with E-state index in [2.05, 4.69) is 25.9 Å². The Morgan fingerprint density at radius 2 is 2.00 bits per heavy atom. The van der Waals surface area contributed by atoms with Gasteiger partial charge in [-0.25, -0.2) is 4.68 Å². The van der Waals surface area contributed by atoms with Gasteiger partial charge in [-0.05, 0) is 41.8 Å². The van der Waals surface area contributed by atoms with Crippen molar-refractivity contribution in [2.45, 2.75) is 51.7 Å². The first-order chi connectivity index (χ1) is 11.9. The molecule has 136 valence electrons. The van der Waals surface area contributed by atoms with Crippen molar-refractivity contribution in [3.8, 4) is 0 Å². The van der Waals surface area contributed by atoms with Crippen molar-refractivity contribution in [3.63, 3.8) is 0 Å². The lowest BCUT2D eigenvalue weighted by Gasteiger charge is -2.27. The largest absolute Gasteiger partial charge is 0.494 e.